The summed E-state index contributed by atoms with van der Waals surface area (Å²) < 4.78 is 5.60. The maximum Gasteiger partial charge on any atom is 0.223 e. The van der Waals surface area contributed by atoms with Crippen LogP contribution in [0.25, 0.3) is 0 Å². The van der Waals surface area contributed by atoms with Gasteiger partial charge in [-0.05, 0) is 41.7 Å². The number of thiophene rings is 1. The van der Waals surface area contributed by atoms with Gasteiger partial charge in [0.15, 0.2) is 0 Å². The maximum absolute atomic E-state index is 12.1. The van der Waals surface area contributed by atoms with E-state index in [9.17, 15) is 4.79 Å². The second-order valence-electron chi connectivity index (χ2n) is 4.87. The lowest BCUT2D eigenvalue weighted by molar-refractivity contribution is -0.126. The minimum absolute atomic E-state index is 0.0119. The fourth-order valence-corrected chi connectivity index (χ4v) is 3.00. The molecule has 2 rings (SSSR count). The Morgan fingerprint density at radius 1 is 1.55 bits per heavy atom. The van der Waals surface area contributed by atoms with E-state index >= 15 is 0 Å². The molecule has 0 aromatic carbocycles. The molecule has 5 heteroatoms. The van der Waals surface area contributed by atoms with Crippen molar-refractivity contribution in [2.45, 2.75) is 25.4 Å². The highest BCUT2D eigenvalue weighted by Gasteiger charge is 2.20. The molecule has 1 amide bonds. The first-order chi connectivity index (χ1) is 9.81. The van der Waals surface area contributed by atoms with Crippen molar-refractivity contribution in [1.82, 2.24) is 5.32 Å². The van der Waals surface area contributed by atoms with Gasteiger partial charge in [-0.1, -0.05) is 12.2 Å². The number of rotatable bonds is 7. The Labute approximate surface area is 123 Å². The fraction of sp³-hybridized carbons (Fsp3) is 0.533. The van der Waals surface area contributed by atoms with E-state index in [-0.39, 0.29) is 31.1 Å². The monoisotopic (exact) mass is 295 g/mol. The Bertz CT molecular complexity index is 430. The van der Waals surface area contributed by atoms with E-state index in [1.807, 2.05) is 16.8 Å². The first-order valence-electron chi connectivity index (χ1n) is 6.98. The van der Waals surface area contributed by atoms with Gasteiger partial charge < -0.3 is 15.2 Å². The second kappa shape index (κ2) is 8.19. The molecule has 0 saturated heterocycles. The van der Waals surface area contributed by atoms with Crippen LogP contribution >= 0.6 is 11.3 Å². The summed E-state index contributed by atoms with van der Waals surface area (Å²) in [6.07, 6.45) is 6.74. The van der Waals surface area contributed by atoms with Gasteiger partial charge in [0.1, 0.15) is 6.10 Å². The highest BCUT2D eigenvalue weighted by molar-refractivity contribution is 7.07. The van der Waals surface area contributed by atoms with Crippen LogP contribution in [0.4, 0.5) is 0 Å². The molecule has 2 atom stereocenters. The van der Waals surface area contributed by atoms with Gasteiger partial charge in [0.05, 0.1) is 13.2 Å². The summed E-state index contributed by atoms with van der Waals surface area (Å²) in [7, 11) is 0. The number of aliphatic hydroxyl groups excluding tert-OH is 1. The number of aliphatic hydroxyl groups is 1. The molecule has 20 heavy (non-hydrogen) atoms. The average Bonchev–Trinajstić information content (AvgIpc) is 3.02. The molecule has 110 valence electrons. The van der Waals surface area contributed by atoms with Crippen LogP contribution in [-0.2, 0) is 9.53 Å². The van der Waals surface area contributed by atoms with Crippen LogP contribution in [0.1, 0.15) is 30.9 Å². The third-order valence-corrected chi connectivity index (χ3v) is 4.13. The van der Waals surface area contributed by atoms with Crippen molar-refractivity contribution in [2.75, 3.05) is 19.8 Å². The molecule has 1 aliphatic rings. The number of carbonyl (C=O) groups excluding carboxylic acids is 1. The summed E-state index contributed by atoms with van der Waals surface area (Å²) in [5, 5.41) is 15.8. The molecule has 1 aromatic rings. The molecular formula is C15H21NO3S. The van der Waals surface area contributed by atoms with Crippen LogP contribution in [-0.4, -0.2) is 30.8 Å². The van der Waals surface area contributed by atoms with E-state index in [0.717, 1.165) is 24.8 Å². The normalized spacial score (nSPS) is 19.8. The van der Waals surface area contributed by atoms with Gasteiger partial charge in [0.2, 0.25) is 5.91 Å². The lowest BCUT2D eigenvalue weighted by atomic mass is 9.93. The van der Waals surface area contributed by atoms with Crippen molar-refractivity contribution >= 4 is 17.2 Å². The van der Waals surface area contributed by atoms with E-state index in [0.29, 0.717) is 6.54 Å². The predicted molar refractivity (Wildman–Crippen MR) is 79.6 cm³/mol. The molecule has 0 radical (unpaired) electrons. The zero-order valence-electron chi connectivity index (χ0n) is 11.5. The number of ether oxygens (including phenoxy) is 1. The summed E-state index contributed by atoms with van der Waals surface area (Å²) in [6.45, 7) is 0.723. The Kier molecular flexibility index (Phi) is 6.24. The minimum Gasteiger partial charge on any atom is -0.394 e. The fourth-order valence-electron chi connectivity index (χ4n) is 2.30. The first-order valence-corrected chi connectivity index (χ1v) is 7.93. The molecule has 2 N–H and O–H groups in total. The molecule has 1 aromatic heterocycles. The molecule has 0 fully saturated rings. The first kappa shape index (κ1) is 15.2. The van der Waals surface area contributed by atoms with Crippen LogP contribution < -0.4 is 5.32 Å². The quantitative estimate of drug-likeness (QED) is 0.759. The van der Waals surface area contributed by atoms with Crippen LogP contribution in [0.5, 0.6) is 0 Å². The van der Waals surface area contributed by atoms with Gasteiger partial charge in [-0.2, -0.15) is 11.3 Å². The predicted octanol–water partition coefficient (Wildman–Crippen LogP) is 2.27. The van der Waals surface area contributed by atoms with Crippen LogP contribution in [0.15, 0.2) is 29.0 Å². The summed E-state index contributed by atoms with van der Waals surface area (Å²) >= 11 is 1.60. The smallest absolute Gasteiger partial charge is 0.223 e. The maximum atomic E-state index is 12.1. The molecule has 4 nitrogen and oxygen atoms in total. The van der Waals surface area contributed by atoms with Gasteiger partial charge >= 0.3 is 0 Å². The number of carbonyl (C=O) groups is 1. The highest BCUT2D eigenvalue weighted by atomic mass is 32.1. The summed E-state index contributed by atoms with van der Waals surface area (Å²) in [4.78, 5) is 12.1. The van der Waals surface area contributed by atoms with Crippen LogP contribution in [0.3, 0.4) is 0 Å². The minimum atomic E-state index is -0.184. The van der Waals surface area contributed by atoms with Gasteiger partial charge in [0.25, 0.3) is 0 Å². The molecule has 1 aliphatic carbocycles. The molecule has 0 aliphatic heterocycles. The number of hydrogen-bond donors (Lipinski definition) is 2. The van der Waals surface area contributed by atoms with E-state index < -0.39 is 0 Å². The molecule has 0 unspecified atom stereocenters. The lowest BCUT2D eigenvalue weighted by Gasteiger charge is -2.21. The topological polar surface area (TPSA) is 58.6 Å². The number of allylic oxidation sites excluding steroid dienone is 2. The summed E-state index contributed by atoms with van der Waals surface area (Å²) in [5.74, 6) is 0.183. The van der Waals surface area contributed by atoms with Crippen LogP contribution in [0.2, 0.25) is 0 Å². The van der Waals surface area contributed by atoms with E-state index in [1.165, 1.54) is 0 Å². The summed E-state index contributed by atoms with van der Waals surface area (Å²) in [5.41, 5.74) is 1.05. The average molecular weight is 295 g/mol. The largest absolute Gasteiger partial charge is 0.394 e. The third-order valence-electron chi connectivity index (χ3n) is 3.43. The standard InChI is InChI=1S/C15H21NO3S/c17-7-8-19-14(13-6-9-20-11-13)10-16-15(18)12-4-2-1-3-5-12/h1-2,6,9,11-12,14,17H,3-5,7-8,10H2,(H,16,18)/t12-,14+/m1/s1. The van der Waals surface area contributed by atoms with E-state index in [2.05, 4.69) is 17.5 Å². The second-order valence-corrected chi connectivity index (χ2v) is 5.65. The molecule has 0 saturated carbocycles. The van der Waals surface area contributed by atoms with Crippen molar-refractivity contribution in [2.24, 2.45) is 5.92 Å². The van der Waals surface area contributed by atoms with Crippen molar-refractivity contribution in [3.05, 3.63) is 34.5 Å². The van der Waals surface area contributed by atoms with E-state index in [4.69, 9.17) is 9.84 Å². The Morgan fingerprint density at radius 3 is 3.10 bits per heavy atom. The Hall–Kier alpha value is -1.17. The van der Waals surface area contributed by atoms with Crippen molar-refractivity contribution in [3.8, 4) is 0 Å². The Morgan fingerprint density at radius 2 is 2.45 bits per heavy atom. The number of nitrogens with one attached hydrogen (secondary N) is 1. The number of hydrogen-bond acceptors (Lipinski definition) is 4. The Balaban J connectivity index is 1.84. The third kappa shape index (κ3) is 4.44. The number of amides is 1. The van der Waals surface area contributed by atoms with Gasteiger partial charge in [-0.3, -0.25) is 4.79 Å². The van der Waals surface area contributed by atoms with E-state index in [1.54, 1.807) is 11.3 Å². The lowest BCUT2D eigenvalue weighted by Crippen LogP contribution is -2.35. The molecule has 1 heterocycles. The molecule has 0 spiro atoms. The van der Waals surface area contributed by atoms with Crippen molar-refractivity contribution in [3.63, 3.8) is 0 Å². The van der Waals surface area contributed by atoms with Crippen LogP contribution in [0, 0.1) is 5.92 Å². The van der Waals surface area contributed by atoms with Crippen molar-refractivity contribution in [1.29, 1.82) is 0 Å². The SMILES string of the molecule is O=C(NC[C@H](OCCO)c1ccsc1)[C@@H]1CC=CCC1. The molecular weight excluding hydrogens is 274 g/mol. The zero-order valence-corrected chi connectivity index (χ0v) is 12.3. The zero-order chi connectivity index (χ0) is 14.2. The van der Waals surface area contributed by atoms with Gasteiger partial charge in [-0.25, -0.2) is 0 Å². The molecule has 0 bridgehead atoms. The van der Waals surface area contributed by atoms with Gasteiger partial charge in [-0.15, -0.1) is 0 Å². The van der Waals surface area contributed by atoms with Crippen molar-refractivity contribution < 1.29 is 14.6 Å². The highest BCUT2D eigenvalue weighted by Crippen LogP contribution is 2.21. The summed E-state index contributed by atoms with van der Waals surface area (Å²) in [6, 6.07) is 1.99. The van der Waals surface area contributed by atoms with Gasteiger partial charge in [0, 0.05) is 12.5 Å².